The van der Waals surface area contributed by atoms with Crippen LogP contribution in [0.5, 0.6) is 0 Å². The number of rotatable bonds is 4. The first-order chi connectivity index (χ1) is 5.77. The quantitative estimate of drug-likeness (QED) is 0.621. The second-order valence-corrected chi connectivity index (χ2v) is 2.88. The van der Waals surface area contributed by atoms with E-state index >= 15 is 0 Å². The Kier molecular flexibility index (Phi) is 3.94. The molecular weight excluding hydrogens is 160 g/mol. The summed E-state index contributed by atoms with van der Waals surface area (Å²) in [6.45, 7) is 3.10. The van der Waals surface area contributed by atoms with Crippen LogP contribution in [0.15, 0.2) is 0 Å². The summed E-state index contributed by atoms with van der Waals surface area (Å²) in [5, 5.41) is 0. The summed E-state index contributed by atoms with van der Waals surface area (Å²) in [6.07, 6.45) is -0.241. The van der Waals surface area contributed by atoms with Gasteiger partial charge in [-0.2, -0.15) is 0 Å². The molecule has 0 bridgehead atoms. The molecule has 4 heteroatoms. The maximum Gasteiger partial charge on any atom is 0.186 e. The predicted octanol–water partition coefficient (Wildman–Crippen LogP) is 0.409. The number of hydrogen-bond acceptors (Lipinski definition) is 4. The monoisotopic (exact) mass is 176 g/mol. The van der Waals surface area contributed by atoms with Crippen molar-refractivity contribution in [3.8, 4) is 0 Å². The van der Waals surface area contributed by atoms with Crippen LogP contribution in [0.1, 0.15) is 6.92 Å². The average molecular weight is 176 g/mol. The zero-order chi connectivity index (χ0) is 8.97. The Balaban J connectivity index is 2.33. The van der Waals surface area contributed by atoms with Gasteiger partial charge >= 0.3 is 0 Å². The maximum atomic E-state index is 5.44. The minimum absolute atomic E-state index is 0.125. The molecule has 0 aromatic carbocycles. The average Bonchev–Trinajstić information content (AvgIpc) is 2.47. The molecule has 1 saturated heterocycles. The molecule has 3 atom stereocenters. The zero-order valence-electron chi connectivity index (χ0n) is 7.78. The fourth-order valence-corrected chi connectivity index (χ4v) is 1.15. The topological polar surface area (TPSA) is 36.9 Å². The van der Waals surface area contributed by atoms with Crippen molar-refractivity contribution in [2.24, 2.45) is 0 Å². The molecule has 1 fully saturated rings. The van der Waals surface area contributed by atoms with Crippen LogP contribution in [0.3, 0.4) is 0 Å². The highest BCUT2D eigenvalue weighted by molar-refractivity contribution is 4.68. The van der Waals surface area contributed by atoms with Crippen LogP contribution in [0.4, 0.5) is 0 Å². The molecule has 1 heterocycles. The van der Waals surface area contributed by atoms with Gasteiger partial charge in [-0.05, 0) is 6.92 Å². The van der Waals surface area contributed by atoms with Crippen molar-refractivity contribution >= 4 is 0 Å². The van der Waals surface area contributed by atoms with E-state index < -0.39 is 0 Å². The molecule has 0 spiro atoms. The third-order valence-electron chi connectivity index (χ3n) is 1.80. The Labute approximate surface area is 72.7 Å². The first kappa shape index (κ1) is 9.92. The molecular formula is C8H16O4. The second-order valence-electron chi connectivity index (χ2n) is 2.88. The van der Waals surface area contributed by atoms with Crippen LogP contribution >= 0.6 is 0 Å². The van der Waals surface area contributed by atoms with Crippen molar-refractivity contribution in [2.75, 3.05) is 27.4 Å². The predicted molar refractivity (Wildman–Crippen MR) is 43.0 cm³/mol. The fourth-order valence-electron chi connectivity index (χ4n) is 1.15. The van der Waals surface area contributed by atoms with E-state index in [0.29, 0.717) is 13.2 Å². The van der Waals surface area contributed by atoms with E-state index in [1.54, 1.807) is 14.2 Å². The van der Waals surface area contributed by atoms with Crippen molar-refractivity contribution in [3.63, 3.8) is 0 Å². The minimum Gasteiger partial charge on any atom is -0.382 e. The molecule has 1 rings (SSSR count). The van der Waals surface area contributed by atoms with E-state index in [4.69, 9.17) is 18.9 Å². The van der Waals surface area contributed by atoms with Crippen LogP contribution in [-0.4, -0.2) is 45.9 Å². The highest BCUT2D eigenvalue weighted by Crippen LogP contribution is 2.16. The van der Waals surface area contributed by atoms with Crippen molar-refractivity contribution in [1.29, 1.82) is 0 Å². The van der Waals surface area contributed by atoms with Gasteiger partial charge in [0.25, 0.3) is 0 Å². The van der Waals surface area contributed by atoms with Gasteiger partial charge in [0.05, 0.1) is 19.3 Å². The van der Waals surface area contributed by atoms with Crippen molar-refractivity contribution in [1.82, 2.24) is 0 Å². The third-order valence-corrected chi connectivity index (χ3v) is 1.80. The summed E-state index contributed by atoms with van der Waals surface area (Å²) in [7, 11) is 3.25. The van der Waals surface area contributed by atoms with E-state index in [9.17, 15) is 0 Å². The van der Waals surface area contributed by atoms with Crippen molar-refractivity contribution < 1.29 is 18.9 Å². The Bertz CT molecular complexity index is 126. The smallest absolute Gasteiger partial charge is 0.186 e. The van der Waals surface area contributed by atoms with E-state index in [1.807, 2.05) is 6.92 Å². The van der Waals surface area contributed by atoms with Gasteiger partial charge in [-0.25, -0.2) is 0 Å². The van der Waals surface area contributed by atoms with E-state index in [-0.39, 0.29) is 18.5 Å². The van der Waals surface area contributed by atoms with Gasteiger partial charge in [-0.15, -0.1) is 0 Å². The largest absolute Gasteiger partial charge is 0.382 e. The highest BCUT2D eigenvalue weighted by Gasteiger charge is 2.30. The minimum atomic E-state index is -0.273. The summed E-state index contributed by atoms with van der Waals surface area (Å²) in [4.78, 5) is 0. The third kappa shape index (κ3) is 2.42. The molecule has 0 amide bonds. The van der Waals surface area contributed by atoms with Crippen LogP contribution in [0, 0.1) is 0 Å². The summed E-state index contributed by atoms with van der Waals surface area (Å²) in [6, 6.07) is 0. The lowest BCUT2D eigenvalue weighted by Gasteiger charge is -2.19. The summed E-state index contributed by atoms with van der Waals surface area (Å²) >= 11 is 0. The van der Waals surface area contributed by atoms with E-state index in [1.165, 1.54) is 0 Å². The summed E-state index contributed by atoms with van der Waals surface area (Å²) < 4.78 is 20.9. The number of ether oxygens (including phenoxy) is 4. The van der Waals surface area contributed by atoms with Crippen LogP contribution in [0.2, 0.25) is 0 Å². The second kappa shape index (κ2) is 4.77. The van der Waals surface area contributed by atoms with Crippen molar-refractivity contribution in [2.45, 2.75) is 25.4 Å². The van der Waals surface area contributed by atoms with Crippen LogP contribution in [0.25, 0.3) is 0 Å². The SMILES string of the molecule is COCC(OC)C1OCC(C)O1. The molecule has 0 radical (unpaired) electrons. The number of hydrogen-bond donors (Lipinski definition) is 0. The van der Waals surface area contributed by atoms with Gasteiger partial charge in [-0.3, -0.25) is 0 Å². The molecule has 0 N–H and O–H groups in total. The first-order valence-corrected chi connectivity index (χ1v) is 4.06. The molecule has 0 aromatic heterocycles. The zero-order valence-corrected chi connectivity index (χ0v) is 7.78. The first-order valence-electron chi connectivity index (χ1n) is 4.06. The molecule has 12 heavy (non-hydrogen) atoms. The lowest BCUT2D eigenvalue weighted by Crippen LogP contribution is -2.33. The standard InChI is InChI=1S/C8H16O4/c1-6-4-11-8(12-6)7(10-3)5-9-2/h6-8H,4-5H2,1-3H3. The Morgan fingerprint density at radius 1 is 1.50 bits per heavy atom. The molecule has 1 aliphatic rings. The summed E-state index contributed by atoms with van der Waals surface area (Å²) in [5.41, 5.74) is 0. The molecule has 3 unspecified atom stereocenters. The molecule has 72 valence electrons. The van der Waals surface area contributed by atoms with E-state index in [2.05, 4.69) is 0 Å². The summed E-state index contributed by atoms with van der Waals surface area (Å²) in [5.74, 6) is 0. The molecule has 0 aliphatic carbocycles. The lowest BCUT2D eigenvalue weighted by molar-refractivity contribution is -0.155. The maximum absolute atomic E-state index is 5.44. The van der Waals surface area contributed by atoms with Gasteiger partial charge in [-0.1, -0.05) is 0 Å². The molecule has 0 saturated carbocycles. The fraction of sp³-hybridized carbons (Fsp3) is 1.00. The lowest BCUT2D eigenvalue weighted by atomic mass is 10.3. The highest BCUT2D eigenvalue weighted by atomic mass is 16.7. The van der Waals surface area contributed by atoms with Gasteiger partial charge in [0, 0.05) is 14.2 Å². The number of methoxy groups -OCH3 is 2. The van der Waals surface area contributed by atoms with Crippen LogP contribution < -0.4 is 0 Å². The molecule has 4 nitrogen and oxygen atoms in total. The molecule has 1 aliphatic heterocycles. The normalized spacial score (nSPS) is 32.2. The Morgan fingerprint density at radius 3 is 2.67 bits per heavy atom. The molecule has 0 aromatic rings. The van der Waals surface area contributed by atoms with Gasteiger partial charge in [0.1, 0.15) is 6.10 Å². The van der Waals surface area contributed by atoms with E-state index in [0.717, 1.165) is 0 Å². The van der Waals surface area contributed by atoms with Crippen LogP contribution in [-0.2, 0) is 18.9 Å². The van der Waals surface area contributed by atoms with Gasteiger partial charge in [0.15, 0.2) is 6.29 Å². The Hall–Kier alpha value is -0.160. The van der Waals surface area contributed by atoms with Gasteiger partial charge < -0.3 is 18.9 Å². The Morgan fingerprint density at radius 2 is 2.25 bits per heavy atom. The van der Waals surface area contributed by atoms with Gasteiger partial charge in [0.2, 0.25) is 0 Å². The van der Waals surface area contributed by atoms with Crippen molar-refractivity contribution in [3.05, 3.63) is 0 Å².